The molecule has 1 aromatic rings. The van der Waals surface area contributed by atoms with Crippen molar-refractivity contribution in [1.82, 2.24) is 0 Å². The Kier molecular flexibility index (Phi) is 6.00. The van der Waals surface area contributed by atoms with Crippen molar-refractivity contribution in [1.29, 1.82) is 0 Å². The van der Waals surface area contributed by atoms with Gasteiger partial charge in [-0.1, -0.05) is 30.3 Å². The highest BCUT2D eigenvalue weighted by Crippen LogP contribution is 2.08. The van der Waals surface area contributed by atoms with Gasteiger partial charge in [-0.05, 0) is 5.56 Å². The molecule has 0 fully saturated rings. The molecule has 0 atom stereocenters. The molecule has 0 aliphatic rings. The summed E-state index contributed by atoms with van der Waals surface area (Å²) in [4.78, 5) is 11.6. The SMILES string of the molecule is CO[Si](COC(=O)Cc1ccccc1)(OC)OC. The molecule has 0 aliphatic carbocycles. The van der Waals surface area contributed by atoms with E-state index in [-0.39, 0.29) is 18.6 Å². The highest BCUT2D eigenvalue weighted by Gasteiger charge is 2.40. The van der Waals surface area contributed by atoms with Crippen LogP contribution in [0.5, 0.6) is 0 Å². The zero-order valence-corrected chi connectivity index (χ0v) is 11.8. The molecule has 1 rings (SSSR count). The van der Waals surface area contributed by atoms with Crippen LogP contribution in [-0.2, 0) is 29.2 Å². The van der Waals surface area contributed by atoms with Crippen LogP contribution >= 0.6 is 0 Å². The Bertz CT molecular complexity index is 356. The third-order valence-electron chi connectivity index (χ3n) is 2.53. The van der Waals surface area contributed by atoms with E-state index in [0.29, 0.717) is 0 Å². The molecule has 1 aromatic carbocycles. The number of ether oxygens (including phenoxy) is 1. The van der Waals surface area contributed by atoms with Gasteiger partial charge in [0.15, 0.2) is 6.23 Å². The van der Waals surface area contributed by atoms with Gasteiger partial charge >= 0.3 is 14.8 Å². The standard InChI is InChI=1S/C12H18O5Si/c1-14-18(15-2,16-3)10-17-12(13)9-11-7-5-4-6-8-11/h4-8H,9-10H2,1-3H3. The number of benzene rings is 1. The van der Waals surface area contributed by atoms with Crippen molar-refractivity contribution in [3.63, 3.8) is 0 Å². The predicted octanol–water partition coefficient (Wildman–Crippen LogP) is 1.19. The maximum absolute atomic E-state index is 11.6. The van der Waals surface area contributed by atoms with E-state index in [4.69, 9.17) is 18.0 Å². The lowest BCUT2D eigenvalue weighted by Gasteiger charge is -2.23. The second-order valence-corrected chi connectivity index (χ2v) is 6.50. The molecule has 0 aromatic heterocycles. The van der Waals surface area contributed by atoms with Crippen molar-refractivity contribution in [2.45, 2.75) is 6.42 Å². The molecule has 0 radical (unpaired) electrons. The zero-order valence-electron chi connectivity index (χ0n) is 10.8. The second-order valence-electron chi connectivity index (χ2n) is 3.62. The van der Waals surface area contributed by atoms with Crippen LogP contribution in [0.25, 0.3) is 0 Å². The molecular weight excluding hydrogens is 252 g/mol. The number of carbonyl (C=O) groups is 1. The lowest BCUT2D eigenvalue weighted by Crippen LogP contribution is -2.48. The van der Waals surface area contributed by atoms with Crippen LogP contribution in [-0.4, -0.2) is 42.3 Å². The number of carbonyl (C=O) groups excluding carboxylic acids is 1. The van der Waals surface area contributed by atoms with Crippen LogP contribution in [0, 0.1) is 0 Å². The molecule has 0 heterocycles. The van der Waals surface area contributed by atoms with E-state index >= 15 is 0 Å². The minimum absolute atomic E-state index is 0.0160. The van der Waals surface area contributed by atoms with E-state index < -0.39 is 8.80 Å². The first-order valence-electron chi connectivity index (χ1n) is 5.51. The zero-order chi connectivity index (χ0) is 13.4. The molecular formula is C12H18O5Si. The molecule has 0 bridgehead atoms. The lowest BCUT2D eigenvalue weighted by molar-refractivity contribution is -0.142. The third-order valence-corrected chi connectivity index (χ3v) is 4.90. The molecule has 0 amide bonds. The number of esters is 1. The van der Waals surface area contributed by atoms with E-state index in [1.165, 1.54) is 21.3 Å². The monoisotopic (exact) mass is 270 g/mol. The molecule has 0 N–H and O–H groups in total. The predicted molar refractivity (Wildman–Crippen MR) is 67.9 cm³/mol. The van der Waals surface area contributed by atoms with Gasteiger partial charge in [0.2, 0.25) is 0 Å². The Labute approximate surface area is 108 Å². The Morgan fingerprint density at radius 1 is 1.06 bits per heavy atom. The third kappa shape index (κ3) is 4.23. The number of rotatable bonds is 7. The van der Waals surface area contributed by atoms with Crippen LogP contribution in [0.3, 0.4) is 0 Å². The average molecular weight is 270 g/mol. The summed E-state index contributed by atoms with van der Waals surface area (Å²) in [6.45, 7) is 0. The quantitative estimate of drug-likeness (QED) is 0.550. The summed E-state index contributed by atoms with van der Waals surface area (Å²) >= 11 is 0. The van der Waals surface area contributed by atoms with E-state index in [1.807, 2.05) is 30.3 Å². The van der Waals surface area contributed by atoms with Gasteiger partial charge in [-0.25, -0.2) is 0 Å². The first kappa shape index (κ1) is 14.8. The Morgan fingerprint density at radius 3 is 2.11 bits per heavy atom. The minimum Gasteiger partial charge on any atom is -0.461 e. The molecule has 0 saturated heterocycles. The van der Waals surface area contributed by atoms with E-state index in [1.54, 1.807) is 0 Å². The number of hydrogen-bond donors (Lipinski definition) is 0. The average Bonchev–Trinajstić information content (AvgIpc) is 2.42. The Morgan fingerprint density at radius 2 is 1.61 bits per heavy atom. The van der Waals surface area contributed by atoms with Crippen molar-refractivity contribution >= 4 is 14.8 Å². The summed E-state index contributed by atoms with van der Waals surface area (Å²) in [6.07, 6.45) is 0.241. The number of hydrogen-bond acceptors (Lipinski definition) is 5. The molecule has 18 heavy (non-hydrogen) atoms. The minimum atomic E-state index is -2.84. The van der Waals surface area contributed by atoms with Crippen LogP contribution < -0.4 is 0 Å². The molecule has 100 valence electrons. The van der Waals surface area contributed by atoms with Crippen molar-refractivity contribution in [2.24, 2.45) is 0 Å². The van der Waals surface area contributed by atoms with Gasteiger partial charge in [0.05, 0.1) is 6.42 Å². The van der Waals surface area contributed by atoms with Gasteiger partial charge in [-0.3, -0.25) is 4.79 Å². The summed E-state index contributed by atoms with van der Waals surface area (Å²) < 4.78 is 20.6. The van der Waals surface area contributed by atoms with Gasteiger partial charge in [0.1, 0.15) is 0 Å². The first-order valence-corrected chi connectivity index (χ1v) is 7.44. The highest BCUT2D eigenvalue weighted by atomic mass is 28.4. The van der Waals surface area contributed by atoms with Crippen molar-refractivity contribution < 1.29 is 22.8 Å². The lowest BCUT2D eigenvalue weighted by atomic mass is 10.2. The van der Waals surface area contributed by atoms with E-state index in [2.05, 4.69) is 0 Å². The Hall–Kier alpha value is -1.21. The molecule has 6 heteroatoms. The van der Waals surface area contributed by atoms with Gasteiger partial charge < -0.3 is 18.0 Å². The van der Waals surface area contributed by atoms with Crippen molar-refractivity contribution in [3.05, 3.63) is 35.9 Å². The van der Waals surface area contributed by atoms with Gasteiger partial charge in [0.25, 0.3) is 0 Å². The summed E-state index contributed by atoms with van der Waals surface area (Å²) in [5, 5.41) is 0. The van der Waals surface area contributed by atoms with Gasteiger partial charge in [0, 0.05) is 21.3 Å². The molecule has 0 aliphatic heterocycles. The summed E-state index contributed by atoms with van der Waals surface area (Å²) in [7, 11) is 1.59. The summed E-state index contributed by atoms with van der Waals surface area (Å²) in [5.41, 5.74) is 0.905. The Balaban J connectivity index is 2.46. The fraction of sp³-hybridized carbons (Fsp3) is 0.417. The summed E-state index contributed by atoms with van der Waals surface area (Å²) in [6, 6.07) is 9.39. The normalized spacial score (nSPS) is 11.3. The molecule has 0 saturated carbocycles. The van der Waals surface area contributed by atoms with Crippen LogP contribution in [0.4, 0.5) is 0 Å². The van der Waals surface area contributed by atoms with Crippen molar-refractivity contribution in [2.75, 3.05) is 27.6 Å². The van der Waals surface area contributed by atoms with Crippen LogP contribution in [0.1, 0.15) is 5.56 Å². The molecule has 0 unspecified atom stereocenters. The maximum atomic E-state index is 11.6. The van der Waals surface area contributed by atoms with Gasteiger partial charge in [-0.15, -0.1) is 0 Å². The molecule has 0 spiro atoms. The van der Waals surface area contributed by atoms with E-state index in [9.17, 15) is 4.79 Å². The summed E-state index contributed by atoms with van der Waals surface area (Å²) in [5.74, 6) is -0.329. The second kappa shape index (κ2) is 7.27. The topological polar surface area (TPSA) is 54.0 Å². The van der Waals surface area contributed by atoms with Crippen molar-refractivity contribution in [3.8, 4) is 0 Å². The fourth-order valence-electron chi connectivity index (χ4n) is 1.41. The van der Waals surface area contributed by atoms with Crippen LogP contribution in [0.15, 0.2) is 30.3 Å². The first-order chi connectivity index (χ1) is 8.65. The van der Waals surface area contributed by atoms with E-state index in [0.717, 1.165) is 5.56 Å². The van der Waals surface area contributed by atoms with Gasteiger partial charge in [-0.2, -0.15) is 0 Å². The smallest absolute Gasteiger partial charge is 0.461 e. The van der Waals surface area contributed by atoms with Crippen LogP contribution in [0.2, 0.25) is 0 Å². The molecule has 5 nitrogen and oxygen atoms in total. The largest absolute Gasteiger partial charge is 0.539 e. The fourth-order valence-corrected chi connectivity index (χ4v) is 2.60. The highest BCUT2D eigenvalue weighted by molar-refractivity contribution is 6.60. The maximum Gasteiger partial charge on any atom is 0.539 e.